The molecule has 1 nitrogen and oxygen atoms in total. The molecule has 0 saturated carbocycles. The third-order valence-electron chi connectivity index (χ3n) is 9.27. The first kappa shape index (κ1) is 24.8. The van der Waals surface area contributed by atoms with Crippen molar-refractivity contribution in [2.24, 2.45) is 0 Å². The number of thiophene rings is 1. The lowest BCUT2D eigenvalue weighted by Crippen LogP contribution is -2.33. The van der Waals surface area contributed by atoms with Crippen LogP contribution in [-0.2, 0) is 16.2 Å². The van der Waals surface area contributed by atoms with Crippen LogP contribution in [0, 0.1) is 0 Å². The van der Waals surface area contributed by atoms with E-state index in [9.17, 15) is 0 Å². The summed E-state index contributed by atoms with van der Waals surface area (Å²) < 4.78 is 2.78. The van der Waals surface area contributed by atoms with Gasteiger partial charge in [-0.1, -0.05) is 84.9 Å². The normalized spacial score (nSPS) is 16.8. The van der Waals surface area contributed by atoms with Crippen LogP contribution in [0.25, 0.3) is 53.0 Å². The van der Waals surface area contributed by atoms with Gasteiger partial charge in [0.25, 0.3) is 0 Å². The summed E-state index contributed by atoms with van der Waals surface area (Å²) in [4.78, 5) is 4.97. The Balaban J connectivity index is 1.48. The highest BCUT2D eigenvalue weighted by molar-refractivity contribution is 7.26. The van der Waals surface area contributed by atoms with Gasteiger partial charge in [0.2, 0.25) is 0 Å². The average molecular weight is 528 g/mol. The van der Waals surface area contributed by atoms with Gasteiger partial charge in [-0.05, 0) is 86.9 Å². The molecule has 6 aromatic rings. The molecule has 39 heavy (non-hydrogen) atoms. The van der Waals surface area contributed by atoms with E-state index in [1.54, 1.807) is 0 Å². The molecule has 0 aliphatic heterocycles. The molecule has 0 radical (unpaired) electrons. The van der Waals surface area contributed by atoms with Crippen LogP contribution in [0.5, 0.6) is 0 Å². The van der Waals surface area contributed by atoms with Crippen molar-refractivity contribution in [1.82, 2.24) is 4.98 Å². The Morgan fingerprint density at radius 2 is 1.41 bits per heavy atom. The third kappa shape index (κ3) is 3.83. The molecular formula is C37H37NS. The van der Waals surface area contributed by atoms with Gasteiger partial charge in [-0.3, -0.25) is 4.98 Å². The minimum atomic E-state index is 0.0475. The summed E-state index contributed by atoms with van der Waals surface area (Å²) in [6.45, 7) is 16.6. The Morgan fingerprint density at radius 1 is 0.692 bits per heavy atom. The average Bonchev–Trinajstić information content (AvgIpc) is 3.27. The zero-order chi connectivity index (χ0) is 27.3. The second-order valence-electron chi connectivity index (χ2n) is 14.0. The van der Waals surface area contributed by atoms with Gasteiger partial charge in [0.1, 0.15) is 0 Å². The Labute approximate surface area is 235 Å². The molecule has 0 amide bonds. The minimum Gasteiger partial charge on any atom is -0.256 e. The van der Waals surface area contributed by atoms with Crippen LogP contribution >= 0.6 is 11.3 Å². The first-order valence-electron chi connectivity index (χ1n) is 14.3. The summed E-state index contributed by atoms with van der Waals surface area (Å²) in [6.07, 6.45) is 4.54. The number of hydrogen-bond donors (Lipinski definition) is 0. The largest absolute Gasteiger partial charge is 0.256 e. The van der Waals surface area contributed by atoms with E-state index < -0.39 is 0 Å². The van der Waals surface area contributed by atoms with Crippen LogP contribution in [0.15, 0.2) is 72.9 Å². The predicted octanol–water partition coefficient (Wildman–Crippen LogP) is 11.1. The standard InChI is InChI=1S/C37H37NS/c1-35(2,3)29-17-24(16-22-10-8-9-11-25(22)29)32-19-27-23(21-38-32)12-13-26-28-18-30-31(20-33(28)39-34(26)27)37(6,7)15-14-36(30,4)5/h8-13,16-21H,14-15H2,1-7H3. The topological polar surface area (TPSA) is 12.9 Å². The maximum absolute atomic E-state index is 4.97. The molecule has 1 aliphatic carbocycles. The molecule has 0 saturated heterocycles. The van der Waals surface area contributed by atoms with Crippen molar-refractivity contribution in [3.63, 3.8) is 0 Å². The molecule has 7 rings (SSSR count). The van der Waals surface area contributed by atoms with Gasteiger partial charge < -0.3 is 0 Å². The van der Waals surface area contributed by atoms with E-state index in [1.807, 2.05) is 11.3 Å². The van der Waals surface area contributed by atoms with Crippen LogP contribution in [0.2, 0.25) is 0 Å². The fourth-order valence-corrected chi connectivity index (χ4v) is 8.00. The quantitative estimate of drug-likeness (QED) is 0.207. The molecular weight excluding hydrogens is 490 g/mol. The van der Waals surface area contributed by atoms with Crippen molar-refractivity contribution in [3.05, 3.63) is 89.6 Å². The molecule has 1 aliphatic rings. The summed E-state index contributed by atoms with van der Waals surface area (Å²) in [5, 5.41) is 7.89. The van der Waals surface area contributed by atoms with Crippen molar-refractivity contribution in [1.29, 1.82) is 0 Å². The van der Waals surface area contributed by atoms with Gasteiger partial charge in [-0.15, -0.1) is 11.3 Å². The van der Waals surface area contributed by atoms with E-state index in [0.29, 0.717) is 0 Å². The fraction of sp³-hybridized carbons (Fsp3) is 0.324. The van der Waals surface area contributed by atoms with Crippen LogP contribution < -0.4 is 0 Å². The summed E-state index contributed by atoms with van der Waals surface area (Å²) in [7, 11) is 0. The van der Waals surface area contributed by atoms with Crippen LogP contribution in [0.3, 0.4) is 0 Å². The van der Waals surface area contributed by atoms with Crippen molar-refractivity contribution >= 4 is 53.1 Å². The summed E-state index contributed by atoms with van der Waals surface area (Å²) in [6, 6.07) is 25.4. The maximum atomic E-state index is 4.97. The fourth-order valence-electron chi connectivity index (χ4n) is 6.75. The van der Waals surface area contributed by atoms with Gasteiger partial charge in [-0.25, -0.2) is 0 Å². The molecule has 0 bridgehead atoms. The van der Waals surface area contributed by atoms with E-state index in [0.717, 1.165) is 5.69 Å². The Kier molecular flexibility index (Phi) is 5.18. The second-order valence-corrected chi connectivity index (χ2v) is 15.0. The maximum Gasteiger partial charge on any atom is 0.0709 e. The SMILES string of the molecule is CC(C)(C)c1cc(-c2cc3c(ccc4c5cc6c(cc5sc34)C(C)(C)CCC6(C)C)cn2)cc2ccccc12. The van der Waals surface area contributed by atoms with Crippen molar-refractivity contribution in [2.45, 2.75) is 77.6 Å². The van der Waals surface area contributed by atoms with Crippen molar-refractivity contribution in [2.75, 3.05) is 0 Å². The molecule has 196 valence electrons. The number of nitrogens with zero attached hydrogens (tertiary/aromatic N) is 1. The van der Waals surface area contributed by atoms with Crippen molar-refractivity contribution < 1.29 is 0 Å². The van der Waals surface area contributed by atoms with E-state index >= 15 is 0 Å². The van der Waals surface area contributed by atoms with Gasteiger partial charge in [-0.2, -0.15) is 0 Å². The molecule has 0 spiro atoms. The van der Waals surface area contributed by atoms with Gasteiger partial charge in [0, 0.05) is 42.7 Å². The number of aromatic nitrogens is 1. The minimum absolute atomic E-state index is 0.0475. The monoisotopic (exact) mass is 527 g/mol. The molecule has 0 N–H and O–H groups in total. The zero-order valence-electron chi connectivity index (χ0n) is 24.2. The van der Waals surface area contributed by atoms with E-state index in [4.69, 9.17) is 4.98 Å². The van der Waals surface area contributed by atoms with E-state index in [1.165, 1.54) is 76.8 Å². The van der Waals surface area contributed by atoms with Gasteiger partial charge in [0.15, 0.2) is 0 Å². The lowest BCUT2D eigenvalue weighted by molar-refractivity contribution is 0.332. The van der Waals surface area contributed by atoms with Crippen LogP contribution in [0.1, 0.15) is 78.0 Å². The summed E-state index contributed by atoms with van der Waals surface area (Å²) in [5.41, 5.74) is 7.15. The first-order chi connectivity index (χ1) is 18.4. The number of pyridine rings is 1. The van der Waals surface area contributed by atoms with E-state index in [-0.39, 0.29) is 16.2 Å². The molecule has 0 unspecified atom stereocenters. The second kappa shape index (κ2) is 8.15. The summed E-state index contributed by atoms with van der Waals surface area (Å²) >= 11 is 1.95. The molecule has 2 aromatic heterocycles. The van der Waals surface area contributed by atoms with Gasteiger partial charge >= 0.3 is 0 Å². The number of hydrogen-bond acceptors (Lipinski definition) is 2. The number of benzene rings is 4. The molecule has 0 atom stereocenters. The number of rotatable bonds is 1. The Bertz CT molecular complexity index is 1940. The lowest BCUT2D eigenvalue weighted by Gasteiger charge is -2.41. The Morgan fingerprint density at radius 3 is 2.15 bits per heavy atom. The zero-order valence-corrected chi connectivity index (χ0v) is 25.0. The molecule has 2 heteroatoms. The van der Waals surface area contributed by atoms with Gasteiger partial charge in [0.05, 0.1) is 5.69 Å². The molecule has 4 aromatic carbocycles. The van der Waals surface area contributed by atoms with Crippen LogP contribution in [-0.4, -0.2) is 4.98 Å². The highest BCUT2D eigenvalue weighted by atomic mass is 32.1. The highest BCUT2D eigenvalue weighted by Gasteiger charge is 2.37. The first-order valence-corrected chi connectivity index (χ1v) is 15.1. The van der Waals surface area contributed by atoms with E-state index in [2.05, 4.69) is 121 Å². The highest BCUT2D eigenvalue weighted by Crippen LogP contribution is 2.49. The third-order valence-corrected chi connectivity index (χ3v) is 10.5. The summed E-state index contributed by atoms with van der Waals surface area (Å²) in [5.74, 6) is 0. The Hall–Kier alpha value is -3.23. The smallest absolute Gasteiger partial charge is 0.0709 e. The molecule has 2 heterocycles. The number of fused-ring (bicyclic) bond motifs is 7. The molecule has 0 fully saturated rings. The van der Waals surface area contributed by atoms with Crippen molar-refractivity contribution in [3.8, 4) is 11.3 Å². The lowest BCUT2D eigenvalue weighted by atomic mass is 9.63. The predicted molar refractivity (Wildman–Crippen MR) is 172 cm³/mol. The van der Waals surface area contributed by atoms with Crippen LogP contribution in [0.4, 0.5) is 0 Å².